The quantitative estimate of drug-likeness (QED) is 0.535. The minimum absolute atomic E-state index is 0.237. The molecular weight excluding hydrogens is 393 g/mol. The van der Waals surface area contributed by atoms with Gasteiger partial charge in [-0.3, -0.25) is 0 Å². The molecule has 8 heteroatoms. The van der Waals surface area contributed by atoms with Crippen molar-refractivity contribution in [1.29, 1.82) is 0 Å². The number of nitrogens with one attached hydrogen (secondary N) is 1. The Kier molecular flexibility index (Phi) is 5.26. The van der Waals surface area contributed by atoms with Crippen molar-refractivity contribution in [2.75, 3.05) is 41.3 Å². The Balaban J connectivity index is 1.36. The molecule has 1 aliphatic heterocycles. The number of rotatable bonds is 5. The molecule has 31 heavy (non-hydrogen) atoms. The average molecular weight is 415 g/mol. The van der Waals surface area contributed by atoms with Crippen LogP contribution in [-0.2, 0) is 6.54 Å². The molecule has 0 radical (unpaired) electrons. The van der Waals surface area contributed by atoms with Gasteiger partial charge in [0.2, 0.25) is 11.9 Å². The van der Waals surface area contributed by atoms with Gasteiger partial charge in [0.15, 0.2) is 0 Å². The molecule has 0 amide bonds. The number of fused-ring (bicyclic) bond motifs is 1. The fourth-order valence-corrected chi connectivity index (χ4v) is 3.69. The Bertz CT molecular complexity index is 1160. The molecule has 0 spiro atoms. The monoisotopic (exact) mass is 415 g/mol. The first-order valence-corrected chi connectivity index (χ1v) is 10.3. The molecule has 5 rings (SSSR count). The molecule has 7 nitrogen and oxygen atoms in total. The van der Waals surface area contributed by atoms with Crippen LogP contribution < -0.4 is 15.1 Å². The van der Waals surface area contributed by atoms with Gasteiger partial charge in [-0.05, 0) is 35.9 Å². The summed E-state index contributed by atoms with van der Waals surface area (Å²) in [6.45, 7) is 3.74. The molecule has 0 bridgehead atoms. The third-order valence-electron chi connectivity index (χ3n) is 5.36. The van der Waals surface area contributed by atoms with Crippen molar-refractivity contribution in [3.63, 3.8) is 0 Å². The standard InChI is InChI=1S/C23H22FN7/c24-18-8-6-17(7-9-18)16-27-21-19-4-1-2-5-20(19)28-23(29-21)31-14-12-30(13-15-31)22-25-10-3-11-26-22/h1-11H,12-16H2,(H,27,28,29). The average Bonchev–Trinajstić information content (AvgIpc) is 2.84. The van der Waals surface area contributed by atoms with Gasteiger partial charge in [-0.1, -0.05) is 24.3 Å². The molecule has 1 saturated heterocycles. The molecule has 0 aliphatic carbocycles. The molecule has 2 aromatic heterocycles. The van der Waals surface area contributed by atoms with Crippen LogP contribution in [0.5, 0.6) is 0 Å². The first kappa shape index (κ1) is 19.2. The lowest BCUT2D eigenvalue weighted by Gasteiger charge is -2.34. The second-order valence-electron chi connectivity index (χ2n) is 7.39. The van der Waals surface area contributed by atoms with Gasteiger partial charge in [0.25, 0.3) is 0 Å². The fourth-order valence-electron chi connectivity index (χ4n) is 3.69. The summed E-state index contributed by atoms with van der Waals surface area (Å²) in [6, 6.07) is 16.3. The molecule has 0 atom stereocenters. The maximum absolute atomic E-state index is 13.2. The predicted molar refractivity (Wildman–Crippen MR) is 120 cm³/mol. The zero-order valence-electron chi connectivity index (χ0n) is 16.9. The highest BCUT2D eigenvalue weighted by atomic mass is 19.1. The number of piperazine rings is 1. The summed E-state index contributed by atoms with van der Waals surface area (Å²) < 4.78 is 13.2. The second kappa shape index (κ2) is 8.51. The Labute approximate surface area is 179 Å². The molecule has 4 aromatic rings. The van der Waals surface area contributed by atoms with Crippen LogP contribution in [0.25, 0.3) is 10.9 Å². The number of halogens is 1. The van der Waals surface area contributed by atoms with Gasteiger partial charge in [0.1, 0.15) is 11.6 Å². The Hall–Kier alpha value is -3.81. The van der Waals surface area contributed by atoms with E-state index in [9.17, 15) is 4.39 Å². The lowest BCUT2D eigenvalue weighted by Crippen LogP contribution is -2.47. The number of hydrogen-bond acceptors (Lipinski definition) is 7. The Morgan fingerprint density at radius 1 is 0.774 bits per heavy atom. The minimum atomic E-state index is -0.237. The van der Waals surface area contributed by atoms with Crippen molar-refractivity contribution >= 4 is 28.6 Å². The van der Waals surface area contributed by atoms with Crippen LogP contribution in [0.4, 0.5) is 22.1 Å². The van der Waals surface area contributed by atoms with Gasteiger partial charge in [-0.15, -0.1) is 0 Å². The van der Waals surface area contributed by atoms with Crippen molar-refractivity contribution in [2.45, 2.75) is 6.54 Å². The number of aromatic nitrogens is 4. The normalized spacial score (nSPS) is 14.1. The number of hydrogen-bond donors (Lipinski definition) is 1. The minimum Gasteiger partial charge on any atom is -0.365 e. The molecule has 1 N–H and O–H groups in total. The number of para-hydroxylation sites is 1. The van der Waals surface area contributed by atoms with Gasteiger partial charge in [0, 0.05) is 50.5 Å². The summed E-state index contributed by atoms with van der Waals surface area (Å²) in [5, 5.41) is 4.37. The van der Waals surface area contributed by atoms with Gasteiger partial charge in [0.05, 0.1) is 5.52 Å². The summed E-state index contributed by atoms with van der Waals surface area (Å²) in [5.41, 5.74) is 1.88. The zero-order chi connectivity index (χ0) is 21.0. The van der Waals surface area contributed by atoms with Gasteiger partial charge >= 0.3 is 0 Å². The van der Waals surface area contributed by atoms with Crippen molar-refractivity contribution in [3.8, 4) is 0 Å². The number of anilines is 3. The van der Waals surface area contributed by atoms with Crippen molar-refractivity contribution in [1.82, 2.24) is 19.9 Å². The summed E-state index contributed by atoms with van der Waals surface area (Å²) in [6.07, 6.45) is 3.53. The van der Waals surface area contributed by atoms with Crippen LogP contribution in [0, 0.1) is 5.82 Å². The molecule has 1 fully saturated rings. The summed E-state index contributed by atoms with van der Waals surface area (Å²) >= 11 is 0. The van der Waals surface area contributed by atoms with E-state index >= 15 is 0 Å². The summed E-state index contributed by atoms with van der Waals surface area (Å²) in [7, 11) is 0. The topological polar surface area (TPSA) is 70.1 Å². The van der Waals surface area contributed by atoms with E-state index in [2.05, 4.69) is 25.1 Å². The van der Waals surface area contributed by atoms with Crippen LogP contribution in [0.15, 0.2) is 67.0 Å². The van der Waals surface area contributed by atoms with E-state index in [0.29, 0.717) is 12.5 Å². The van der Waals surface area contributed by atoms with E-state index < -0.39 is 0 Å². The molecule has 2 aromatic carbocycles. The third kappa shape index (κ3) is 4.23. The third-order valence-corrected chi connectivity index (χ3v) is 5.36. The van der Waals surface area contributed by atoms with Crippen molar-refractivity contribution in [3.05, 3.63) is 78.4 Å². The summed E-state index contributed by atoms with van der Waals surface area (Å²) in [5.74, 6) is 1.99. The maximum atomic E-state index is 13.2. The van der Waals surface area contributed by atoms with Crippen LogP contribution >= 0.6 is 0 Å². The Morgan fingerprint density at radius 2 is 1.45 bits per heavy atom. The predicted octanol–water partition coefficient (Wildman–Crippen LogP) is 3.50. The first-order chi connectivity index (χ1) is 15.3. The smallest absolute Gasteiger partial charge is 0.228 e. The van der Waals surface area contributed by atoms with Crippen LogP contribution in [0.2, 0.25) is 0 Å². The molecule has 1 aliphatic rings. The maximum Gasteiger partial charge on any atom is 0.228 e. The number of nitrogens with zero attached hydrogens (tertiary/aromatic N) is 6. The zero-order valence-corrected chi connectivity index (χ0v) is 16.9. The van der Waals surface area contributed by atoms with E-state index in [1.165, 1.54) is 12.1 Å². The molecule has 0 unspecified atom stereocenters. The number of benzene rings is 2. The van der Waals surface area contributed by atoms with Gasteiger partial charge in [-0.25, -0.2) is 19.3 Å². The molecule has 0 saturated carbocycles. The first-order valence-electron chi connectivity index (χ1n) is 10.3. The highest BCUT2D eigenvalue weighted by molar-refractivity contribution is 5.90. The molecular formula is C23H22FN7. The van der Waals surface area contributed by atoms with E-state index in [-0.39, 0.29) is 5.82 Å². The second-order valence-corrected chi connectivity index (χ2v) is 7.39. The van der Waals surface area contributed by atoms with Crippen molar-refractivity contribution in [2.24, 2.45) is 0 Å². The lowest BCUT2D eigenvalue weighted by molar-refractivity contribution is 0.627. The van der Waals surface area contributed by atoms with E-state index in [4.69, 9.17) is 9.97 Å². The SMILES string of the molecule is Fc1ccc(CNc2nc(N3CCN(c4ncccn4)CC3)nc3ccccc23)cc1. The van der Waals surface area contributed by atoms with Crippen LogP contribution in [-0.4, -0.2) is 46.1 Å². The van der Waals surface area contributed by atoms with E-state index in [1.807, 2.05) is 30.3 Å². The Morgan fingerprint density at radius 3 is 2.19 bits per heavy atom. The van der Waals surface area contributed by atoms with Crippen LogP contribution in [0.3, 0.4) is 0 Å². The molecule has 156 valence electrons. The molecule has 3 heterocycles. The van der Waals surface area contributed by atoms with Gasteiger partial charge < -0.3 is 15.1 Å². The lowest BCUT2D eigenvalue weighted by atomic mass is 10.2. The fraction of sp³-hybridized carbons (Fsp3) is 0.217. The van der Waals surface area contributed by atoms with Gasteiger partial charge in [-0.2, -0.15) is 4.98 Å². The van der Waals surface area contributed by atoms with E-state index in [1.54, 1.807) is 24.5 Å². The van der Waals surface area contributed by atoms with Crippen LogP contribution in [0.1, 0.15) is 5.56 Å². The highest BCUT2D eigenvalue weighted by Crippen LogP contribution is 2.25. The highest BCUT2D eigenvalue weighted by Gasteiger charge is 2.21. The van der Waals surface area contributed by atoms with E-state index in [0.717, 1.165) is 54.4 Å². The van der Waals surface area contributed by atoms with Crippen molar-refractivity contribution < 1.29 is 4.39 Å². The largest absolute Gasteiger partial charge is 0.365 e. The summed E-state index contributed by atoms with van der Waals surface area (Å²) in [4.78, 5) is 22.7.